The van der Waals surface area contributed by atoms with E-state index in [-0.39, 0.29) is 6.61 Å². The smallest absolute Gasteiger partial charge is 0.311 e. The third kappa shape index (κ3) is 3.46. The van der Waals surface area contributed by atoms with E-state index < -0.39 is 11.4 Å². The first-order valence-electron chi connectivity index (χ1n) is 5.98. The molecule has 2 atom stereocenters. The fraction of sp³-hybridized carbons (Fsp3) is 0.917. The number of carboxylic acid groups (broad SMARTS) is 1. The molecule has 1 aliphatic rings. The summed E-state index contributed by atoms with van der Waals surface area (Å²) in [6, 6.07) is 0. The predicted molar refractivity (Wildman–Crippen MR) is 62.1 cm³/mol. The summed E-state index contributed by atoms with van der Waals surface area (Å²) in [6.45, 7) is 5.01. The molecule has 1 saturated carbocycles. The maximum absolute atomic E-state index is 10.9. The Morgan fingerprint density at radius 3 is 2.62 bits per heavy atom. The van der Waals surface area contributed by atoms with Crippen LogP contribution in [0.5, 0.6) is 0 Å². The van der Waals surface area contributed by atoms with Gasteiger partial charge in [0.2, 0.25) is 0 Å². The fourth-order valence-corrected chi connectivity index (χ4v) is 2.17. The van der Waals surface area contributed by atoms with Crippen LogP contribution in [0.15, 0.2) is 0 Å². The zero-order chi connectivity index (χ0) is 12.2. The lowest BCUT2D eigenvalue weighted by molar-refractivity contribution is -0.150. The van der Waals surface area contributed by atoms with E-state index in [1.54, 1.807) is 13.8 Å². The van der Waals surface area contributed by atoms with Crippen LogP contribution in [0.25, 0.3) is 0 Å². The standard InChI is InChI=1S/C12H23NO3/c1-12(2,11(14)15)8-16-7-10-5-3-4-9(10)6-13/h9-10H,3-8,13H2,1-2H3,(H,14,15). The average Bonchev–Trinajstić information content (AvgIpc) is 2.64. The Bertz CT molecular complexity index is 240. The van der Waals surface area contributed by atoms with E-state index in [1.165, 1.54) is 12.8 Å². The van der Waals surface area contributed by atoms with Crippen molar-refractivity contribution in [2.24, 2.45) is 23.0 Å². The van der Waals surface area contributed by atoms with Crippen molar-refractivity contribution in [2.45, 2.75) is 33.1 Å². The number of aliphatic carboxylic acids is 1. The molecule has 0 aromatic carbocycles. The molecule has 94 valence electrons. The zero-order valence-corrected chi connectivity index (χ0v) is 10.2. The normalized spacial score (nSPS) is 25.9. The summed E-state index contributed by atoms with van der Waals surface area (Å²) >= 11 is 0. The highest BCUT2D eigenvalue weighted by Gasteiger charge is 2.30. The van der Waals surface area contributed by atoms with Crippen molar-refractivity contribution in [1.29, 1.82) is 0 Å². The monoisotopic (exact) mass is 229 g/mol. The molecule has 0 radical (unpaired) electrons. The summed E-state index contributed by atoms with van der Waals surface area (Å²) in [7, 11) is 0. The molecule has 2 unspecified atom stereocenters. The molecule has 0 amide bonds. The van der Waals surface area contributed by atoms with Crippen LogP contribution in [0.2, 0.25) is 0 Å². The molecule has 0 aromatic heterocycles. The van der Waals surface area contributed by atoms with Crippen molar-refractivity contribution in [1.82, 2.24) is 0 Å². The number of carboxylic acids is 1. The van der Waals surface area contributed by atoms with Crippen LogP contribution >= 0.6 is 0 Å². The number of ether oxygens (including phenoxy) is 1. The summed E-state index contributed by atoms with van der Waals surface area (Å²) in [5.74, 6) is 0.275. The van der Waals surface area contributed by atoms with Gasteiger partial charge < -0.3 is 15.6 Å². The average molecular weight is 229 g/mol. The summed E-state index contributed by atoms with van der Waals surface area (Å²) in [6.07, 6.45) is 3.57. The second-order valence-electron chi connectivity index (χ2n) is 5.39. The van der Waals surface area contributed by atoms with Crippen molar-refractivity contribution in [3.8, 4) is 0 Å². The zero-order valence-electron chi connectivity index (χ0n) is 10.2. The molecule has 1 aliphatic carbocycles. The maximum Gasteiger partial charge on any atom is 0.311 e. The van der Waals surface area contributed by atoms with Gasteiger partial charge in [-0.2, -0.15) is 0 Å². The summed E-state index contributed by atoms with van der Waals surface area (Å²) in [5.41, 5.74) is 4.89. The number of nitrogens with two attached hydrogens (primary N) is 1. The Hall–Kier alpha value is -0.610. The van der Waals surface area contributed by atoms with Gasteiger partial charge in [0.15, 0.2) is 0 Å². The minimum atomic E-state index is -0.811. The highest BCUT2D eigenvalue weighted by Crippen LogP contribution is 2.31. The van der Waals surface area contributed by atoms with Gasteiger partial charge >= 0.3 is 5.97 Å². The third-order valence-corrected chi connectivity index (χ3v) is 3.49. The second-order valence-corrected chi connectivity index (χ2v) is 5.39. The van der Waals surface area contributed by atoms with Crippen molar-refractivity contribution >= 4 is 5.97 Å². The fourth-order valence-electron chi connectivity index (χ4n) is 2.17. The maximum atomic E-state index is 10.9. The predicted octanol–water partition coefficient (Wildman–Crippen LogP) is 1.49. The largest absolute Gasteiger partial charge is 0.481 e. The second kappa shape index (κ2) is 5.64. The van der Waals surface area contributed by atoms with Crippen LogP contribution < -0.4 is 5.73 Å². The summed E-state index contributed by atoms with van der Waals surface area (Å²) in [5, 5.41) is 8.93. The highest BCUT2D eigenvalue weighted by molar-refractivity contribution is 5.73. The van der Waals surface area contributed by atoms with E-state index in [9.17, 15) is 4.79 Å². The van der Waals surface area contributed by atoms with Crippen LogP contribution in [-0.4, -0.2) is 30.8 Å². The van der Waals surface area contributed by atoms with Crippen LogP contribution in [0.3, 0.4) is 0 Å². The molecule has 0 saturated heterocycles. The lowest BCUT2D eigenvalue weighted by Crippen LogP contribution is -2.31. The van der Waals surface area contributed by atoms with Gasteiger partial charge in [0, 0.05) is 6.61 Å². The van der Waals surface area contributed by atoms with Gasteiger partial charge in [-0.3, -0.25) is 4.79 Å². The van der Waals surface area contributed by atoms with E-state index in [1.807, 2.05) is 0 Å². The van der Waals surface area contributed by atoms with Gasteiger partial charge in [0.05, 0.1) is 12.0 Å². The first-order valence-corrected chi connectivity index (χ1v) is 5.98. The first kappa shape index (κ1) is 13.5. The molecule has 1 rings (SSSR count). The van der Waals surface area contributed by atoms with E-state index in [0.717, 1.165) is 13.0 Å². The molecule has 4 heteroatoms. The number of carbonyl (C=O) groups is 1. The van der Waals surface area contributed by atoms with Gasteiger partial charge in [-0.1, -0.05) is 6.42 Å². The quantitative estimate of drug-likeness (QED) is 0.723. The van der Waals surface area contributed by atoms with Gasteiger partial charge in [0.25, 0.3) is 0 Å². The third-order valence-electron chi connectivity index (χ3n) is 3.49. The Labute approximate surface area is 97.2 Å². The van der Waals surface area contributed by atoms with E-state index in [4.69, 9.17) is 15.6 Å². The van der Waals surface area contributed by atoms with Gasteiger partial charge in [-0.25, -0.2) is 0 Å². The van der Waals surface area contributed by atoms with Crippen molar-refractivity contribution in [3.63, 3.8) is 0 Å². The van der Waals surface area contributed by atoms with Crippen molar-refractivity contribution < 1.29 is 14.6 Å². The number of hydrogen-bond donors (Lipinski definition) is 2. The van der Waals surface area contributed by atoms with Crippen molar-refractivity contribution in [2.75, 3.05) is 19.8 Å². The van der Waals surface area contributed by atoms with E-state index in [2.05, 4.69) is 0 Å². The van der Waals surface area contributed by atoms with E-state index in [0.29, 0.717) is 18.4 Å². The molecule has 0 heterocycles. The summed E-state index contributed by atoms with van der Waals surface area (Å²) < 4.78 is 5.54. The SMILES string of the molecule is CC(C)(COCC1CCCC1CN)C(=O)O. The molecular formula is C12H23NO3. The van der Waals surface area contributed by atoms with Crippen LogP contribution in [0, 0.1) is 17.3 Å². The molecular weight excluding hydrogens is 206 g/mol. The Morgan fingerprint density at radius 2 is 2.06 bits per heavy atom. The Morgan fingerprint density at radius 1 is 1.44 bits per heavy atom. The van der Waals surface area contributed by atoms with Gasteiger partial charge in [-0.05, 0) is 45.1 Å². The van der Waals surface area contributed by atoms with Crippen LogP contribution in [-0.2, 0) is 9.53 Å². The van der Waals surface area contributed by atoms with Gasteiger partial charge in [0.1, 0.15) is 0 Å². The Balaban J connectivity index is 2.27. The molecule has 16 heavy (non-hydrogen) atoms. The lowest BCUT2D eigenvalue weighted by Gasteiger charge is -2.22. The molecule has 0 aromatic rings. The van der Waals surface area contributed by atoms with Crippen LogP contribution in [0.4, 0.5) is 0 Å². The molecule has 0 spiro atoms. The highest BCUT2D eigenvalue weighted by atomic mass is 16.5. The minimum absolute atomic E-state index is 0.274. The van der Waals surface area contributed by atoms with Crippen LogP contribution in [0.1, 0.15) is 33.1 Å². The summed E-state index contributed by atoms with van der Waals surface area (Å²) in [4.78, 5) is 10.9. The van der Waals surface area contributed by atoms with E-state index >= 15 is 0 Å². The topological polar surface area (TPSA) is 72.5 Å². The molecule has 0 aliphatic heterocycles. The molecule has 3 N–H and O–H groups in total. The molecule has 4 nitrogen and oxygen atoms in total. The lowest BCUT2D eigenvalue weighted by atomic mass is 9.94. The minimum Gasteiger partial charge on any atom is -0.481 e. The number of rotatable bonds is 6. The molecule has 1 fully saturated rings. The first-order chi connectivity index (χ1) is 7.47. The van der Waals surface area contributed by atoms with Crippen molar-refractivity contribution in [3.05, 3.63) is 0 Å². The molecule has 0 bridgehead atoms. The Kier molecular flexibility index (Phi) is 4.74. The van der Waals surface area contributed by atoms with Gasteiger partial charge in [-0.15, -0.1) is 0 Å². The number of hydrogen-bond acceptors (Lipinski definition) is 3.